The molecule has 1 N–H and O–H groups in total. The van der Waals surface area contributed by atoms with E-state index < -0.39 is 0 Å². The number of aliphatic hydroxyl groups excluding tert-OH is 1. The van der Waals surface area contributed by atoms with Gasteiger partial charge in [0.25, 0.3) is 0 Å². The van der Waals surface area contributed by atoms with Crippen molar-refractivity contribution in [1.82, 2.24) is 0 Å². The Kier molecular flexibility index (Phi) is 7.91. The van der Waals surface area contributed by atoms with Gasteiger partial charge in [0.2, 0.25) is 0 Å². The molecule has 0 radical (unpaired) electrons. The van der Waals surface area contributed by atoms with Crippen molar-refractivity contribution in [2.45, 2.75) is 38.1 Å². The summed E-state index contributed by atoms with van der Waals surface area (Å²) in [5.41, 5.74) is 0. The van der Waals surface area contributed by atoms with Gasteiger partial charge in [-0.25, -0.2) is 0 Å². The Hall–Kier alpha value is -0.690. The minimum Gasteiger partial charge on any atom is -0.469 e. The summed E-state index contributed by atoms with van der Waals surface area (Å²) in [6.45, 7) is 1.52. The van der Waals surface area contributed by atoms with E-state index in [2.05, 4.69) is 4.74 Å². The van der Waals surface area contributed by atoms with Crippen molar-refractivity contribution in [2.75, 3.05) is 33.5 Å². The molecule has 6 heteroatoms. The monoisotopic (exact) mass is 262 g/mol. The molecule has 1 aliphatic rings. The van der Waals surface area contributed by atoms with Crippen LogP contribution in [-0.2, 0) is 23.7 Å². The van der Waals surface area contributed by atoms with Gasteiger partial charge in [0.1, 0.15) is 0 Å². The number of aliphatic hydroxyl groups is 1. The van der Waals surface area contributed by atoms with Crippen molar-refractivity contribution < 1.29 is 28.8 Å². The number of ether oxygens (including phenoxy) is 4. The number of carbonyl (C=O) groups excluding carboxylic acids is 1. The molecule has 1 unspecified atom stereocenters. The molecule has 0 aliphatic carbocycles. The normalized spacial score (nSPS) is 17.9. The fourth-order valence-electron chi connectivity index (χ4n) is 1.81. The van der Waals surface area contributed by atoms with Crippen LogP contribution in [0.3, 0.4) is 0 Å². The lowest BCUT2D eigenvalue weighted by Gasteiger charge is -2.18. The van der Waals surface area contributed by atoms with E-state index >= 15 is 0 Å². The van der Waals surface area contributed by atoms with Crippen LogP contribution in [-0.4, -0.2) is 57.0 Å². The molecule has 1 fully saturated rings. The zero-order chi connectivity index (χ0) is 13.2. The van der Waals surface area contributed by atoms with Crippen LogP contribution in [0.15, 0.2) is 0 Å². The SMILES string of the molecule is COC(=O)CCC(CCC1OCCO1)OCCO. The largest absolute Gasteiger partial charge is 0.469 e. The highest BCUT2D eigenvalue weighted by molar-refractivity contribution is 5.69. The van der Waals surface area contributed by atoms with Gasteiger partial charge in [-0.15, -0.1) is 0 Å². The smallest absolute Gasteiger partial charge is 0.305 e. The molecule has 6 nitrogen and oxygen atoms in total. The average molecular weight is 262 g/mol. The molecular weight excluding hydrogens is 240 g/mol. The lowest BCUT2D eigenvalue weighted by Crippen LogP contribution is -2.20. The minimum absolute atomic E-state index is 0.0227. The third-order valence-corrected chi connectivity index (χ3v) is 2.76. The summed E-state index contributed by atoms with van der Waals surface area (Å²) in [4.78, 5) is 11.1. The molecule has 0 saturated carbocycles. The number of methoxy groups -OCH3 is 1. The lowest BCUT2D eigenvalue weighted by atomic mass is 10.1. The molecule has 0 aromatic heterocycles. The highest BCUT2D eigenvalue weighted by Gasteiger charge is 2.19. The molecule has 18 heavy (non-hydrogen) atoms. The van der Waals surface area contributed by atoms with E-state index in [1.165, 1.54) is 7.11 Å². The third-order valence-electron chi connectivity index (χ3n) is 2.76. The fraction of sp³-hybridized carbons (Fsp3) is 0.917. The quantitative estimate of drug-likeness (QED) is 0.609. The highest BCUT2D eigenvalue weighted by Crippen LogP contribution is 2.16. The predicted octanol–water partition coefficient (Wildman–Crippen LogP) is 0.470. The topological polar surface area (TPSA) is 74.2 Å². The summed E-state index contributed by atoms with van der Waals surface area (Å²) < 4.78 is 20.7. The Morgan fingerprint density at radius 1 is 1.39 bits per heavy atom. The standard InChI is InChI=1S/C12H22O6/c1-15-11(14)4-2-10(16-7-6-13)3-5-12-17-8-9-18-12/h10,12-13H,2-9H2,1H3. The second-order valence-corrected chi connectivity index (χ2v) is 4.08. The van der Waals surface area contributed by atoms with Crippen molar-refractivity contribution in [2.24, 2.45) is 0 Å². The molecule has 1 rings (SSSR count). The van der Waals surface area contributed by atoms with Gasteiger partial charge in [-0.2, -0.15) is 0 Å². The van der Waals surface area contributed by atoms with Crippen molar-refractivity contribution in [1.29, 1.82) is 0 Å². The Bertz CT molecular complexity index is 227. The summed E-state index contributed by atoms with van der Waals surface area (Å²) in [5.74, 6) is -0.249. The molecule has 0 aromatic rings. The molecule has 1 heterocycles. The van der Waals surface area contributed by atoms with Crippen LogP contribution in [0.5, 0.6) is 0 Å². The number of rotatable bonds is 9. The van der Waals surface area contributed by atoms with Gasteiger partial charge in [0.15, 0.2) is 6.29 Å². The van der Waals surface area contributed by atoms with Crippen LogP contribution in [0.1, 0.15) is 25.7 Å². The molecule has 106 valence electrons. The van der Waals surface area contributed by atoms with E-state index in [1.54, 1.807) is 0 Å². The maximum Gasteiger partial charge on any atom is 0.305 e. The molecule has 0 bridgehead atoms. The second kappa shape index (κ2) is 9.27. The average Bonchev–Trinajstić information content (AvgIpc) is 2.90. The van der Waals surface area contributed by atoms with E-state index in [0.29, 0.717) is 26.1 Å². The molecule has 1 saturated heterocycles. The van der Waals surface area contributed by atoms with Gasteiger partial charge in [-0.1, -0.05) is 0 Å². The van der Waals surface area contributed by atoms with Gasteiger partial charge in [-0.05, 0) is 12.8 Å². The Balaban J connectivity index is 2.22. The molecule has 0 spiro atoms. The van der Waals surface area contributed by atoms with Crippen molar-refractivity contribution in [3.63, 3.8) is 0 Å². The first-order chi connectivity index (χ1) is 8.76. The summed E-state index contributed by atoms with van der Waals surface area (Å²) in [6.07, 6.45) is 2.13. The Morgan fingerprint density at radius 2 is 2.11 bits per heavy atom. The van der Waals surface area contributed by atoms with Crippen LogP contribution >= 0.6 is 0 Å². The van der Waals surface area contributed by atoms with Gasteiger partial charge in [0, 0.05) is 12.8 Å². The Morgan fingerprint density at radius 3 is 2.72 bits per heavy atom. The van der Waals surface area contributed by atoms with Crippen molar-refractivity contribution in [3.05, 3.63) is 0 Å². The number of carbonyl (C=O) groups is 1. The van der Waals surface area contributed by atoms with E-state index in [1.807, 2.05) is 0 Å². The van der Waals surface area contributed by atoms with Gasteiger partial charge in [-0.3, -0.25) is 4.79 Å². The summed E-state index contributed by atoms with van der Waals surface area (Å²) in [5, 5.41) is 8.75. The first-order valence-electron chi connectivity index (χ1n) is 6.28. The number of hydrogen-bond donors (Lipinski definition) is 1. The minimum atomic E-state index is -0.249. The summed E-state index contributed by atoms with van der Waals surface area (Å²) in [7, 11) is 1.37. The zero-order valence-electron chi connectivity index (χ0n) is 10.8. The molecule has 1 aliphatic heterocycles. The van der Waals surface area contributed by atoms with Crippen LogP contribution < -0.4 is 0 Å². The van der Waals surface area contributed by atoms with Crippen LogP contribution in [0.25, 0.3) is 0 Å². The van der Waals surface area contributed by atoms with E-state index in [9.17, 15) is 4.79 Å². The molecule has 1 atom stereocenters. The van der Waals surface area contributed by atoms with E-state index in [0.717, 1.165) is 12.8 Å². The van der Waals surface area contributed by atoms with Crippen LogP contribution in [0.2, 0.25) is 0 Å². The molecule has 0 amide bonds. The van der Waals surface area contributed by atoms with E-state index in [-0.39, 0.29) is 31.6 Å². The third kappa shape index (κ3) is 6.30. The maximum absolute atomic E-state index is 11.1. The zero-order valence-corrected chi connectivity index (χ0v) is 10.8. The number of hydrogen-bond acceptors (Lipinski definition) is 6. The van der Waals surface area contributed by atoms with Crippen LogP contribution in [0.4, 0.5) is 0 Å². The van der Waals surface area contributed by atoms with Gasteiger partial charge < -0.3 is 24.1 Å². The van der Waals surface area contributed by atoms with E-state index in [4.69, 9.17) is 19.3 Å². The first kappa shape index (κ1) is 15.4. The highest BCUT2D eigenvalue weighted by atomic mass is 16.7. The molecule has 0 aromatic carbocycles. The predicted molar refractivity (Wildman–Crippen MR) is 63.0 cm³/mol. The molecular formula is C12H22O6. The second-order valence-electron chi connectivity index (χ2n) is 4.08. The summed E-state index contributed by atoms with van der Waals surface area (Å²) in [6, 6.07) is 0. The first-order valence-corrected chi connectivity index (χ1v) is 6.28. The Labute approximate surface area is 107 Å². The van der Waals surface area contributed by atoms with Gasteiger partial charge in [0.05, 0.1) is 39.6 Å². The maximum atomic E-state index is 11.1. The lowest BCUT2D eigenvalue weighted by molar-refractivity contribution is -0.141. The fourth-order valence-corrected chi connectivity index (χ4v) is 1.81. The van der Waals surface area contributed by atoms with Crippen molar-refractivity contribution in [3.8, 4) is 0 Å². The van der Waals surface area contributed by atoms with Gasteiger partial charge >= 0.3 is 5.97 Å². The van der Waals surface area contributed by atoms with Crippen molar-refractivity contribution >= 4 is 5.97 Å². The number of esters is 1. The summed E-state index contributed by atoms with van der Waals surface area (Å²) >= 11 is 0. The van der Waals surface area contributed by atoms with Crippen LogP contribution in [0, 0.1) is 0 Å².